The Bertz CT molecular complexity index is 275. The molecule has 0 saturated heterocycles. The van der Waals surface area contributed by atoms with Gasteiger partial charge >= 0.3 is 0 Å². The van der Waals surface area contributed by atoms with E-state index in [2.05, 4.69) is 20.1 Å². The molecule has 1 amide bonds. The first-order chi connectivity index (χ1) is 5.33. The molecule has 0 aliphatic carbocycles. The van der Waals surface area contributed by atoms with Crippen LogP contribution in [0.1, 0.15) is 6.42 Å². The maximum atomic E-state index is 10.7. The van der Waals surface area contributed by atoms with Gasteiger partial charge in [-0.15, -0.1) is 0 Å². The summed E-state index contributed by atoms with van der Waals surface area (Å²) in [6, 6.07) is 1.70. The molecule has 0 bridgehead atoms. The Kier molecular flexibility index (Phi) is 2.46. The van der Waals surface area contributed by atoms with Crippen LogP contribution in [0.3, 0.4) is 0 Å². The van der Waals surface area contributed by atoms with Crippen LogP contribution < -0.4 is 5.32 Å². The van der Waals surface area contributed by atoms with E-state index < -0.39 is 5.91 Å². The number of aromatic nitrogens is 3. The molecule has 7 heteroatoms. The lowest BCUT2D eigenvalue weighted by molar-refractivity contribution is -0.115. The van der Waals surface area contributed by atoms with Gasteiger partial charge in [-0.05, 0) is 5.21 Å². The molecule has 6 nitrogen and oxygen atoms in total. The van der Waals surface area contributed by atoms with Crippen LogP contribution in [0.25, 0.3) is 0 Å². The normalized spacial score (nSPS) is 8.64. The highest BCUT2D eigenvalue weighted by molar-refractivity contribution is 7.09. The van der Waals surface area contributed by atoms with Crippen molar-refractivity contribution in [3.8, 4) is 6.07 Å². The number of hydrogen-bond acceptors (Lipinski definition) is 6. The zero-order valence-electron chi connectivity index (χ0n) is 5.31. The van der Waals surface area contributed by atoms with Crippen LogP contribution in [0.5, 0.6) is 0 Å². The molecule has 0 spiro atoms. The largest absolute Gasteiger partial charge is 0.298 e. The van der Waals surface area contributed by atoms with Crippen molar-refractivity contribution in [2.24, 2.45) is 0 Å². The summed E-state index contributed by atoms with van der Waals surface area (Å²) in [5.74, 6) is -0.397. The van der Waals surface area contributed by atoms with E-state index >= 15 is 0 Å². The summed E-state index contributed by atoms with van der Waals surface area (Å²) in [5.41, 5.74) is 0. The van der Waals surface area contributed by atoms with Gasteiger partial charge < -0.3 is 0 Å². The van der Waals surface area contributed by atoms with Gasteiger partial charge in [-0.2, -0.15) is 5.26 Å². The summed E-state index contributed by atoms with van der Waals surface area (Å²) >= 11 is 0.964. The lowest BCUT2D eigenvalue weighted by atomic mass is 10.4. The number of amides is 1. The van der Waals surface area contributed by atoms with E-state index in [-0.39, 0.29) is 6.42 Å². The number of anilines is 1. The second kappa shape index (κ2) is 3.58. The van der Waals surface area contributed by atoms with E-state index in [1.807, 2.05) is 0 Å². The van der Waals surface area contributed by atoms with E-state index in [4.69, 9.17) is 5.26 Å². The summed E-state index contributed by atoms with van der Waals surface area (Å²) in [7, 11) is 0. The number of nitriles is 1. The summed E-state index contributed by atoms with van der Waals surface area (Å²) in [5, 5.41) is 17.5. The van der Waals surface area contributed by atoms with Crippen molar-refractivity contribution < 1.29 is 4.79 Å². The molecule has 1 aromatic rings. The number of nitrogens with zero attached hydrogens (tertiary/aromatic N) is 4. The van der Waals surface area contributed by atoms with Crippen LogP contribution in [0, 0.1) is 11.3 Å². The predicted molar refractivity (Wildman–Crippen MR) is 36.6 cm³/mol. The number of rotatable bonds is 2. The lowest BCUT2D eigenvalue weighted by Crippen LogP contribution is -2.09. The van der Waals surface area contributed by atoms with Gasteiger partial charge in [-0.25, -0.2) is 0 Å². The molecule has 0 aliphatic heterocycles. The fraction of sp³-hybridized carbons (Fsp3) is 0.250. The second-order valence-corrected chi connectivity index (χ2v) is 2.28. The SMILES string of the molecule is N#CCC(=O)Nc1nnns1. The van der Waals surface area contributed by atoms with Crippen LogP contribution >= 0.6 is 11.5 Å². The van der Waals surface area contributed by atoms with E-state index in [0.717, 1.165) is 11.5 Å². The van der Waals surface area contributed by atoms with Gasteiger partial charge in [-0.3, -0.25) is 10.1 Å². The quantitative estimate of drug-likeness (QED) is 0.661. The molecule has 0 aliphatic rings. The Hall–Kier alpha value is -1.55. The smallest absolute Gasteiger partial charge is 0.240 e. The van der Waals surface area contributed by atoms with Crippen LogP contribution in [0.15, 0.2) is 0 Å². The summed E-state index contributed by atoms with van der Waals surface area (Å²) in [4.78, 5) is 10.7. The van der Waals surface area contributed by atoms with Crippen molar-refractivity contribution in [3.63, 3.8) is 0 Å². The van der Waals surface area contributed by atoms with Crippen LogP contribution in [-0.2, 0) is 4.79 Å². The molecule has 0 unspecified atom stereocenters. The Labute approximate surface area is 66.0 Å². The van der Waals surface area contributed by atoms with Gasteiger partial charge in [0.25, 0.3) is 0 Å². The molecule has 1 rings (SSSR count). The zero-order chi connectivity index (χ0) is 8.10. The Balaban J connectivity index is 2.45. The molecule has 11 heavy (non-hydrogen) atoms. The van der Waals surface area contributed by atoms with Crippen LogP contribution in [0.2, 0.25) is 0 Å². The van der Waals surface area contributed by atoms with Crippen molar-refractivity contribution in [2.45, 2.75) is 6.42 Å². The number of carbonyl (C=O) groups is 1. The minimum atomic E-state index is -0.397. The van der Waals surface area contributed by atoms with Gasteiger partial charge in [-0.1, -0.05) is 9.59 Å². The van der Waals surface area contributed by atoms with E-state index in [9.17, 15) is 4.79 Å². The van der Waals surface area contributed by atoms with Gasteiger partial charge in [0.05, 0.1) is 6.07 Å². The minimum absolute atomic E-state index is 0.181. The standard InChI is InChI=1S/C4H3N5OS/c5-2-1-3(10)6-4-7-8-9-11-4/h1H2,(H,6,7,9,10). The summed E-state index contributed by atoms with van der Waals surface area (Å²) in [6.07, 6.45) is -0.181. The highest BCUT2D eigenvalue weighted by atomic mass is 32.1. The highest BCUT2D eigenvalue weighted by Crippen LogP contribution is 2.04. The van der Waals surface area contributed by atoms with Gasteiger partial charge in [0.1, 0.15) is 6.42 Å². The maximum absolute atomic E-state index is 10.7. The van der Waals surface area contributed by atoms with Gasteiger partial charge in [0.2, 0.25) is 11.0 Å². The fourth-order valence-corrected chi connectivity index (χ4v) is 0.800. The lowest BCUT2D eigenvalue weighted by Gasteiger charge is -1.91. The Morgan fingerprint density at radius 1 is 1.82 bits per heavy atom. The predicted octanol–water partition coefficient (Wildman–Crippen LogP) is -0.215. The van der Waals surface area contributed by atoms with Crippen molar-refractivity contribution in [1.82, 2.24) is 14.8 Å². The van der Waals surface area contributed by atoms with E-state index in [1.54, 1.807) is 6.07 Å². The Morgan fingerprint density at radius 3 is 3.18 bits per heavy atom. The third kappa shape index (κ3) is 2.27. The number of nitrogens with one attached hydrogen (secondary N) is 1. The Morgan fingerprint density at radius 2 is 2.64 bits per heavy atom. The van der Waals surface area contributed by atoms with E-state index in [1.165, 1.54) is 0 Å². The zero-order valence-corrected chi connectivity index (χ0v) is 6.13. The molecule has 1 N–H and O–H groups in total. The molecule has 0 radical (unpaired) electrons. The van der Waals surface area contributed by atoms with Crippen molar-refractivity contribution in [2.75, 3.05) is 5.32 Å². The molecule has 56 valence electrons. The monoisotopic (exact) mass is 169 g/mol. The average molecular weight is 169 g/mol. The molecular formula is C4H3N5OS. The first kappa shape index (κ1) is 7.56. The van der Waals surface area contributed by atoms with Gasteiger partial charge in [0, 0.05) is 11.5 Å². The molecule has 0 fully saturated rings. The minimum Gasteiger partial charge on any atom is -0.298 e. The number of carbonyl (C=O) groups excluding carboxylic acids is 1. The van der Waals surface area contributed by atoms with Crippen LogP contribution in [0.4, 0.5) is 5.13 Å². The molecular weight excluding hydrogens is 166 g/mol. The molecule has 1 aromatic heterocycles. The van der Waals surface area contributed by atoms with Crippen molar-refractivity contribution in [1.29, 1.82) is 5.26 Å². The van der Waals surface area contributed by atoms with Crippen molar-refractivity contribution >= 4 is 22.6 Å². The third-order valence-electron chi connectivity index (χ3n) is 0.785. The first-order valence-electron chi connectivity index (χ1n) is 2.65. The third-order valence-corrected chi connectivity index (χ3v) is 1.30. The molecule has 0 saturated carbocycles. The number of hydrogen-bond donors (Lipinski definition) is 1. The van der Waals surface area contributed by atoms with E-state index in [0.29, 0.717) is 5.13 Å². The molecule has 1 heterocycles. The topological polar surface area (TPSA) is 91.6 Å². The summed E-state index contributed by atoms with van der Waals surface area (Å²) in [6.45, 7) is 0. The summed E-state index contributed by atoms with van der Waals surface area (Å²) < 4.78 is 3.42. The average Bonchev–Trinajstić information content (AvgIpc) is 2.40. The second-order valence-electron chi connectivity index (χ2n) is 1.55. The molecule has 0 atom stereocenters. The molecule has 0 aromatic carbocycles. The maximum Gasteiger partial charge on any atom is 0.240 e. The highest BCUT2D eigenvalue weighted by Gasteiger charge is 2.03. The van der Waals surface area contributed by atoms with Crippen LogP contribution in [-0.4, -0.2) is 20.7 Å². The van der Waals surface area contributed by atoms with Gasteiger partial charge in [0.15, 0.2) is 0 Å². The first-order valence-corrected chi connectivity index (χ1v) is 3.42. The fourth-order valence-electron chi connectivity index (χ4n) is 0.417. The van der Waals surface area contributed by atoms with Crippen molar-refractivity contribution in [3.05, 3.63) is 0 Å².